The molecule has 2 N–H and O–H groups in total. The van der Waals surface area contributed by atoms with E-state index in [-0.39, 0.29) is 11.8 Å². The molecule has 4 aliphatic heterocycles. The van der Waals surface area contributed by atoms with Crippen molar-refractivity contribution in [1.82, 2.24) is 20.4 Å². The van der Waals surface area contributed by atoms with E-state index < -0.39 is 11.1 Å². The van der Waals surface area contributed by atoms with Gasteiger partial charge in [-0.3, -0.25) is 9.59 Å². The SMILES string of the molecule is CCN(CC)c1ccc2c(c1)Oc1cc(N(CC)CC)ccc1C21c2ccccc2C(=O)N1CCNCc1ccc(CNCCN2C(=O)c3ccccc3C23c2ccc(N(CC)CC)cc2Oc2cc(N(CC)CC)ccc23)s1. The van der Waals surface area contributed by atoms with E-state index in [1.54, 1.807) is 11.3 Å². The molecule has 79 heavy (non-hydrogen) atoms. The fraction of sp³-hybridized carbons (Fsp3) is 0.364. The quantitative estimate of drug-likeness (QED) is 0.0639. The van der Waals surface area contributed by atoms with Crippen molar-refractivity contribution in [2.75, 3.05) is 98.1 Å². The highest BCUT2D eigenvalue weighted by atomic mass is 32.1. The molecule has 0 saturated heterocycles. The zero-order chi connectivity index (χ0) is 55.0. The van der Waals surface area contributed by atoms with Crippen molar-refractivity contribution in [2.24, 2.45) is 0 Å². The van der Waals surface area contributed by atoms with Gasteiger partial charge in [-0.15, -0.1) is 11.3 Å². The first-order valence-electron chi connectivity index (χ1n) is 28.9. The van der Waals surface area contributed by atoms with Crippen LogP contribution in [0.4, 0.5) is 22.7 Å². The maximum atomic E-state index is 14.9. The Bertz CT molecular complexity index is 3030. The average Bonchev–Trinajstić information content (AvgIpc) is 4.09. The van der Waals surface area contributed by atoms with Crippen LogP contribution in [0, 0.1) is 0 Å². The van der Waals surface area contributed by atoms with Gasteiger partial charge in [0, 0.05) is 182 Å². The molecule has 0 aliphatic carbocycles. The van der Waals surface area contributed by atoms with E-state index in [0.717, 1.165) is 143 Å². The molecule has 410 valence electrons. The van der Waals surface area contributed by atoms with Gasteiger partial charge in [0.05, 0.1) is 0 Å². The van der Waals surface area contributed by atoms with Gasteiger partial charge in [-0.2, -0.15) is 0 Å². The van der Waals surface area contributed by atoms with Gasteiger partial charge in [-0.05, 0) is 115 Å². The van der Waals surface area contributed by atoms with Crippen molar-refractivity contribution in [3.8, 4) is 23.0 Å². The lowest BCUT2D eigenvalue weighted by molar-refractivity contribution is 0.0659. The van der Waals surface area contributed by atoms with Crippen LogP contribution in [0.1, 0.15) is 119 Å². The minimum atomic E-state index is -0.882. The van der Waals surface area contributed by atoms with Crippen molar-refractivity contribution in [2.45, 2.75) is 79.6 Å². The molecule has 1 aromatic heterocycles. The van der Waals surface area contributed by atoms with E-state index in [1.807, 2.05) is 24.3 Å². The molecule has 0 bridgehead atoms. The molecule has 4 aliphatic rings. The molecule has 11 rings (SSSR count). The number of nitrogens with zero attached hydrogens (tertiary/aromatic N) is 6. The number of ether oxygens (including phenoxy) is 2. The van der Waals surface area contributed by atoms with E-state index >= 15 is 0 Å². The third kappa shape index (κ3) is 8.89. The van der Waals surface area contributed by atoms with Crippen LogP contribution in [0.2, 0.25) is 0 Å². The third-order valence-corrected chi connectivity index (χ3v) is 18.2. The first-order chi connectivity index (χ1) is 38.6. The van der Waals surface area contributed by atoms with Gasteiger partial charge < -0.3 is 49.5 Å². The monoisotopic (exact) mass is 1080 g/mol. The summed E-state index contributed by atoms with van der Waals surface area (Å²) in [7, 11) is 0. The van der Waals surface area contributed by atoms with Crippen molar-refractivity contribution in [1.29, 1.82) is 0 Å². The Morgan fingerprint density at radius 3 is 1.01 bits per heavy atom. The molecule has 0 radical (unpaired) electrons. The van der Waals surface area contributed by atoms with Crippen molar-refractivity contribution >= 4 is 45.9 Å². The molecule has 2 spiro atoms. The maximum Gasteiger partial charge on any atom is 0.255 e. The highest BCUT2D eigenvalue weighted by molar-refractivity contribution is 7.11. The van der Waals surface area contributed by atoms with E-state index in [1.165, 1.54) is 9.75 Å². The molecule has 2 amide bonds. The largest absolute Gasteiger partial charge is 0.456 e. The van der Waals surface area contributed by atoms with Crippen LogP contribution in [0.5, 0.6) is 23.0 Å². The molecule has 13 heteroatoms. The predicted octanol–water partition coefficient (Wildman–Crippen LogP) is 12.4. The summed E-state index contributed by atoms with van der Waals surface area (Å²) in [5, 5.41) is 7.46. The lowest BCUT2D eigenvalue weighted by Crippen LogP contribution is -2.49. The molecule has 0 atom stereocenters. The summed E-state index contributed by atoms with van der Waals surface area (Å²) in [5.41, 5.74) is 9.95. The second-order valence-corrected chi connectivity index (χ2v) is 22.0. The lowest BCUT2D eigenvalue weighted by atomic mass is 9.74. The number of amides is 2. The number of hydrogen-bond donors (Lipinski definition) is 2. The Hall–Kier alpha value is -7.32. The van der Waals surface area contributed by atoms with Crippen molar-refractivity contribution in [3.05, 3.63) is 188 Å². The van der Waals surface area contributed by atoms with Gasteiger partial charge >= 0.3 is 0 Å². The van der Waals surface area contributed by atoms with Crippen LogP contribution in [-0.2, 0) is 24.2 Å². The van der Waals surface area contributed by atoms with Crippen molar-refractivity contribution in [3.63, 3.8) is 0 Å². The fourth-order valence-corrected chi connectivity index (χ4v) is 14.2. The Labute approximate surface area is 471 Å². The minimum Gasteiger partial charge on any atom is -0.456 e. The van der Waals surface area contributed by atoms with E-state index in [9.17, 15) is 9.59 Å². The summed E-state index contributed by atoms with van der Waals surface area (Å²) < 4.78 is 13.9. The molecule has 12 nitrogen and oxygen atoms in total. The predicted molar refractivity (Wildman–Crippen MR) is 323 cm³/mol. The van der Waals surface area contributed by atoms with Crippen LogP contribution >= 0.6 is 11.3 Å². The lowest BCUT2D eigenvalue weighted by Gasteiger charge is -2.45. The fourth-order valence-electron chi connectivity index (χ4n) is 13.2. The smallest absolute Gasteiger partial charge is 0.255 e. The van der Waals surface area contributed by atoms with Gasteiger partial charge in [0.1, 0.15) is 34.1 Å². The van der Waals surface area contributed by atoms with Gasteiger partial charge in [-0.1, -0.05) is 60.7 Å². The van der Waals surface area contributed by atoms with E-state index in [0.29, 0.717) is 39.3 Å². The third-order valence-electron chi connectivity index (χ3n) is 17.1. The highest BCUT2D eigenvalue weighted by Crippen LogP contribution is 2.60. The van der Waals surface area contributed by atoms with Gasteiger partial charge in [-0.25, -0.2) is 0 Å². The molecule has 6 aromatic carbocycles. The first-order valence-corrected chi connectivity index (χ1v) is 29.7. The Balaban J connectivity index is 0.817. The zero-order valence-corrected chi connectivity index (χ0v) is 48.1. The molecule has 0 fully saturated rings. The topological polar surface area (TPSA) is 96.1 Å². The zero-order valence-electron chi connectivity index (χ0n) is 47.3. The first kappa shape index (κ1) is 53.7. The van der Waals surface area contributed by atoms with Gasteiger partial charge in [0.25, 0.3) is 11.8 Å². The highest BCUT2D eigenvalue weighted by Gasteiger charge is 2.58. The van der Waals surface area contributed by atoms with Crippen molar-refractivity contribution < 1.29 is 19.1 Å². The number of anilines is 4. The number of rotatable bonds is 22. The minimum absolute atomic E-state index is 0.0193. The summed E-state index contributed by atoms with van der Waals surface area (Å²) in [6.07, 6.45) is 0. The van der Waals surface area contributed by atoms with Crippen LogP contribution in [0.15, 0.2) is 133 Å². The number of hydrogen-bond acceptors (Lipinski definition) is 11. The van der Waals surface area contributed by atoms with Crippen LogP contribution in [-0.4, -0.2) is 100 Å². The molecule has 5 heterocycles. The number of fused-ring (bicyclic) bond motifs is 12. The van der Waals surface area contributed by atoms with Crippen LogP contribution in [0.25, 0.3) is 0 Å². The summed E-state index contributed by atoms with van der Waals surface area (Å²) in [5.74, 6) is 3.15. The second-order valence-electron chi connectivity index (χ2n) is 20.8. The Morgan fingerprint density at radius 2 is 0.709 bits per heavy atom. The standard InChI is InChI=1S/C66H76N8O4S/c1-9-69(10-2)45-25-31-55-59(39-45)77-60-40-46(70(11-3)12-4)26-32-56(60)65(55)53-23-19-17-21-51(53)63(75)73(65)37-35-67-43-49-29-30-50(79-49)44-68-36-38-74-64(76)52-22-18-20-24-54(52)66(74)57-33-27-47(71(13-5)14-6)41-61(57)78-62-42-48(28-34-58(62)66)72(15-7)16-8/h17-34,39-42,67-68H,9-16,35-38,43-44H2,1-8H3. The molecule has 0 saturated carbocycles. The number of benzene rings is 6. The molecule has 7 aromatic rings. The molecular weight excluding hydrogens is 1000 g/mol. The van der Waals surface area contributed by atoms with E-state index in [4.69, 9.17) is 9.47 Å². The number of thiophene rings is 1. The molecular formula is C66H76N8O4S. The number of carbonyl (C=O) groups is 2. The summed E-state index contributed by atoms with van der Waals surface area (Å²) in [6.45, 7) is 27.9. The normalized spacial score (nSPS) is 14.8. The second kappa shape index (κ2) is 22.4. The Morgan fingerprint density at radius 1 is 0.405 bits per heavy atom. The summed E-state index contributed by atoms with van der Waals surface area (Å²) in [4.78, 5) is 45.7. The average molecular weight is 1080 g/mol. The van der Waals surface area contributed by atoms with Crippen LogP contribution in [0.3, 0.4) is 0 Å². The maximum absolute atomic E-state index is 14.9. The van der Waals surface area contributed by atoms with Gasteiger partial charge in [0.15, 0.2) is 0 Å². The number of carbonyl (C=O) groups excluding carboxylic acids is 2. The van der Waals surface area contributed by atoms with E-state index in [2.05, 4.69) is 205 Å². The summed E-state index contributed by atoms with van der Waals surface area (Å²) >= 11 is 1.78. The summed E-state index contributed by atoms with van der Waals surface area (Å²) in [6, 6.07) is 46.8. The van der Waals surface area contributed by atoms with Crippen LogP contribution < -0.4 is 39.7 Å². The van der Waals surface area contributed by atoms with Gasteiger partial charge in [0.2, 0.25) is 0 Å². The number of nitrogens with one attached hydrogen (secondary N) is 2. The Kier molecular flexibility index (Phi) is 15.2. The molecule has 0 unspecified atom stereocenters.